The Balaban J connectivity index is 2.82. The molecule has 0 fully saturated rings. The smallest absolute Gasteiger partial charge is 0.193 e. The number of halogens is 2. The van der Waals surface area contributed by atoms with Crippen LogP contribution in [0.3, 0.4) is 0 Å². The van der Waals surface area contributed by atoms with Crippen LogP contribution in [0.5, 0.6) is 0 Å². The van der Waals surface area contributed by atoms with E-state index in [1.807, 2.05) is 27.7 Å². The lowest BCUT2D eigenvalue weighted by atomic mass is 9.84. The van der Waals surface area contributed by atoms with E-state index in [1.54, 1.807) is 36.4 Å². The van der Waals surface area contributed by atoms with Crippen LogP contribution >= 0.6 is 31.9 Å². The molecule has 0 saturated heterocycles. The third-order valence-electron chi connectivity index (χ3n) is 4.05. The van der Waals surface area contributed by atoms with Crippen molar-refractivity contribution >= 4 is 37.6 Å². The molecule has 2 aromatic rings. The standard InChI is InChI=1S/C21H18Br2N2O/c1-20(2,22)17-13(11-24)7-5-9-15(17)19(26)16-10-6-8-14(12-25)18(16)21(3,4)23/h5-10H,1-4H3. The van der Waals surface area contributed by atoms with E-state index in [0.717, 1.165) is 0 Å². The summed E-state index contributed by atoms with van der Waals surface area (Å²) in [6, 6.07) is 14.6. The Labute approximate surface area is 170 Å². The van der Waals surface area contributed by atoms with E-state index in [-0.39, 0.29) is 5.78 Å². The first-order valence-electron chi connectivity index (χ1n) is 8.02. The molecule has 0 saturated carbocycles. The summed E-state index contributed by atoms with van der Waals surface area (Å²) in [5, 5.41) is 19.0. The van der Waals surface area contributed by atoms with Gasteiger partial charge in [-0.15, -0.1) is 0 Å². The van der Waals surface area contributed by atoms with Crippen LogP contribution in [0, 0.1) is 22.7 Å². The molecule has 0 aliphatic heterocycles. The number of carbonyl (C=O) groups is 1. The second kappa shape index (κ2) is 7.35. The lowest BCUT2D eigenvalue weighted by molar-refractivity contribution is 0.103. The highest BCUT2D eigenvalue weighted by Crippen LogP contribution is 2.39. The summed E-state index contributed by atoms with van der Waals surface area (Å²) in [6.45, 7) is 7.62. The Hall–Kier alpha value is -1.95. The molecule has 0 heterocycles. The third kappa shape index (κ3) is 3.90. The van der Waals surface area contributed by atoms with Crippen LogP contribution in [0.4, 0.5) is 0 Å². The van der Waals surface area contributed by atoms with Crippen LogP contribution in [-0.2, 0) is 8.65 Å². The molecule has 26 heavy (non-hydrogen) atoms. The third-order valence-corrected chi connectivity index (χ3v) is 4.84. The Morgan fingerprint density at radius 1 is 0.808 bits per heavy atom. The summed E-state index contributed by atoms with van der Waals surface area (Å²) < 4.78 is -1.11. The molecule has 0 aliphatic carbocycles. The van der Waals surface area contributed by atoms with Gasteiger partial charge in [0, 0.05) is 19.8 Å². The Kier molecular flexibility index (Phi) is 5.76. The minimum Gasteiger partial charge on any atom is -0.289 e. The molecule has 0 atom stereocenters. The minimum atomic E-state index is -0.554. The average Bonchev–Trinajstić information content (AvgIpc) is 2.57. The van der Waals surface area contributed by atoms with Gasteiger partial charge in [-0.25, -0.2) is 0 Å². The zero-order valence-corrected chi connectivity index (χ0v) is 18.2. The van der Waals surface area contributed by atoms with E-state index in [1.165, 1.54) is 0 Å². The van der Waals surface area contributed by atoms with Crippen LogP contribution in [-0.4, -0.2) is 5.78 Å². The lowest BCUT2D eigenvalue weighted by Crippen LogP contribution is -2.20. The number of rotatable bonds is 4. The molecule has 2 aromatic carbocycles. The first kappa shape index (κ1) is 20.4. The van der Waals surface area contributed by atoms with Crippen molar-refractivity contribution in [2.24, 2.45) is 0 Å². The Morgan fingerprint density at radius 2 is 1.15 bits per heavy atom. The van der Waals surface area contributed by atoms with Gasteiger partial charge >= 0.3 is 0 Å². The molecular weight excluding hydrogens is 456 g/mol. The van der Waals surface area contributed by atoms with E-state index < -0.39 is 8.65 Å². The fourth-order valence-electron chi connectivity index (χ4n) is 3.10. The summed E-state index contributed by atoms with van der Waals surface area (Å²) in [4.78, 5) is 13.5. The molecule has 2 rings (SSSR count). The number of benzene rings is 2. The molecule has 5 heteroatoms. The van der Waals surface area contributed by atoms with Gasteiger partial charge in [-0.2, -0.15) is 10.5 Å². The van der Waals surface area contributed by atoms with Gasteiger partial charge in [0.1, 0.15) is 0 Å². The molecule has 132 valence electrons. The molecule has 0 spiro atoms. The van der Waals surface area contributed by atoms with Crippen molar-refractivity contribution in [1.82, 2.24) is 0 Å². The van der Waals surface area contributed by atoms with E-state index in [9.17, 15) is 15.3 Å². The number of nitrogens with zero attached hydrogens (tertiary/aromatic N) is 2. The Bertz CT molecular complexity index is 874. The van der Waals surface area contributed by atoms with Gasteiger partial charge in [0.05, 0.1) is 23.3 Å². The van der Waals surface area contributed by atoms with E-state index in [0.29, 0.717) is 33.4 Å². The van der Waals surface area contributed by atoms with Crippen molar-refractivity contribution in [3.8, 4) is 12.1 Å². The number of ketones is 1. The van der Waals surface area contributed by atoms with Gasteiger partial charge in [0.15, 0.2) is 5.78 Å². The van der Waals surface area contributed by atoms with Crippen LogP contribution in [0.25, 0.3) is 0 Å². The summed E-state index contributed by atoms with van der Waals surface area (Å²) in [6.07, 6.45) is 0. The monoisotopic (exact) mass is 472 g/mol. The van der Waals surface area contributed by atoms with Crippen molar-refractivity contribution < 1.29 is 4.79 Å². The van der Waals surface area contributed by atoms with Gasteiger partial charge in [0.2, 0.25) is 0 Å². The first-order valence-corrected chi connectivity index (χ1v) is 9.60. The second-order valence-corrected chi connectivity index (χ2v) is 10.9. The van der Waals surface area contributed by atoms with Gasteiger partial charge in [-0.3, -0.25) is 4.79 Å². The second-order valence-electron chi connectivity index (χ2n) is 6.95. The molecular formula is C21H18Br2N2O. The van der Waals surface area contributed by atoms with Crippen molar-refractivity contribution in [1.29, 1.82) is 10.5 Å². The summed E-state index contributed by atoms with van der Waals surface area (Å²) in [7, 11) is 0. The van der Waals surface area contributed by atoms with Crippen LogP contribution < -0.4 is 0 Å². The summed E-state index contributed by atoms with van der Waals surface area (Å²) in [5.74, 6) is -0.204. The van der Waals surface area contributed by atoms with Gasteiger partial charge in [-0.1, -0.05) is 56.1 Å². The highest BCUT2D eigenvalue weighted by molar-refractivity contribution is 9.09. The predicted octanol–water partition coefficient (Wildman–Crippen LogP) is 5.92. The van der Waals surface area contributed by atoms with Gasteiger partial charge in [-0.05, 0) is 51.0 Å². The number of alkyl halides is 2. The van der Waals surface area contributed by atoms with Gasteiger partial charge in [0.25, 0.3) is 0 Å². The number of nitriles is 2. The van der Waals surface area contributed by atoms with Gasteiger partial charge < -0.3 is 0 Å². The van der Waals surface area contributed by atoms with Crippen LogP contribution in [0.15, 0.2) is 36.4 Å². The normalized spacial score (nSPS) is 11.5. The topological polar surface area (TPSA) is 64.7 Å². The van der Waals surface area contributed by atoms with Crippen molar-refractivity contribution in [2.45, 2.75) is 36.3 Å². The van der Waals surface area contributed by atoms with Crippen molar-refractivity contribution in [2.75, 3.05) is 0 Å². The number of hydrogen-bond acceptors (Lipinski definition) is 3. The Morgan fingerprint density at radius 3 is 1.42 bits per heavy atom. The fourth-order valence-corrected chi connectivity index (χ4v) is 3.95. The molecule has 3 nitrogen and oxygen atoms in total. The molecule has 0 aromatic heterocycles. The molecule has 0 radical (unpaired) electrons. The average molecular weight is 474 g/mol. The quantitative estimate of drug-likeness (QED) is 0.408. The predicted molar refractivity (Wildman–Crippen MR) is 110 cm³/mol. The van der Waals surface area contributed by atoms with Crippen LogP contribution in [0.1, 0.15) is 65.9 Å². The van der Waals surface area contributed by atoms with Crippen molar-refractivity contribution in [3.63, 3.8) is 0 Å². The lowest BCUT2D eigenvalue weighted by Gasteiger charge is -2.25. The number of carbonyl (C=O) groups excluding carboxylic acids is 1. The van der Waals surface area contributed by atoms with Crippen LogP contribution in [0.2, 0.25) is 0 Å². The minimum absolute atomic E-state index is 0.204. The highest BCUT2D eigenvalue weighted by Gasteiger charge is 2.31. The molecule has 0 bridgehead atoms. The van der Waals surface area contributed by atoms with Crippen molar-refractivity contribution in [3.05, 3.63) is 69.8 Å². The maximum Gasteiger partial charge on any atom is 0.193 e. The van der Waals surface area contributed by atoms with E-state index in [4.69, 9.17) is 0 Å². The zero-order valence-electron chi connectivity index (χ0n) is 15.0. The maximum absolute atomic E-state index is 13.5. The maximum atomic E-state index is 13.5. The highest BCUT2D eigenvalue weighted by atomic mass is 79.9. The summed E-state index contributed by atoms with van der Waals surface area (Å²) >= 11 is 7.18. The SMILES string of the molecule is CC(C)(Br)c1c(C#N)cccc1C(=O)c1cccc(C#N)c1C(C)(C)Br. The fraction of sp³-hybridized carbons (Fsp3) is 0.286. The molecule has 0 aliphatic rings. The molecule has 0 unspecified atom stereocenters. The summed E-state index contributed by atoms with van der Waals surface area (Å²) in [5.41, 5.74) is 3.11. The van der Waals surface area contributed by atoms with E-state index in [2.05, 4.69) is 44.0 Å². The zero-order chi connectivity index (χ0) is 19.7. The number of hydrogen-bond donors (Lipinski definition) is 0. The first-order chi connectivity index (χ1) is 12.0. The molecule has 0 amide bonds. The largest absolute Gasteiger partial charge is 0.289 e. The van der Waals surface area contributed by atoms with E-state index >= 15 is 0 Å². The molecule has 0 N–H and O–H groups in total.